The van der Waals surface area contributed by atoms with Crippen molar-refractivity contribution in [2.24, 2.45) is 0 Å². The van der Waals surface area contributed by atoms with Crippen LogP contribution in [0.1, 0.15) is 5.56 Å². The molecule has 0 radical (unpaired) electrons. The number of aromatic amines is 1. The fraction of sp³-hybridized carbons (Fsp3) is 0.167. The fourth-order valence-corrected chi connectivity index (χ4v) is 3.28. The van der Waals surface area contributed by atoms with E-state index in [0.29, 0.717) is 41.1 Å². The monoisotopic (exact) mass is 353 g/mol. The molecule has 0 aliphatic carbocycles. The first-order valence-electron chi connectivity index (χ1n) is 7.88. The van der Waals surface area contributed by atoms with Crippen LogP contribution in [0.5, 0.6) is 0 Å². The van der Waals surface area contributed by atoms with Gasteiger partial charge in [0.25, 0.3) is 5.56 Å². The van der Waals surface area contributed by atoms with Crippen LogP contribution >= 0.6 is 12.2 Å². The summed E-state index contributed by atoms with van der Waals surface area (Å²) in [6.45, 7) is 1.42. The number of rotatable bonds is 3. The first-order valence-corrected chi connectivity index (χ1v) is 8.29. The van der Waals surface area contributed by atoms with Gasteiger partial charge in [0.05, 0.1) is 23.1 Å². The molecule has 2 heterocycles. The van der Waals surface area contributed by atoms with Crippen LogP contribution in [-0.4, -0.2) is 33.7 Å². The van der Waals surface area contributed by atoms with Crippen molar-refractivity contribution in [1.82, 2.24) is 14.5 Å². The zero-order valence-corrected chi connectivity index (χ0v) is 14.1. The molecule has 7 heteroatoms. The van der Waals surface area contributed by atoms with Crippen molar-refractivity contribution in [2.45, 2.75) is 6.54 Å². The van der Waals surface area contributed by atoms with E-state index in [4.69, 9.17) is 17.0 Å². The van der Waals surface area contributed by atoms with Crippen molar-refractivity contribution in [2.75, 3.05) is 13.2 Å². The van der Waals surface area contributed by atoms with Gasteiger partial charge >= 0.3 is 6.09 Å². The summed E-state index contributed by atoms with van der Waals surface area (Å²) >= 11 is 5.38. The largest absolute Gasteiger partial charge is 0.448 e. The second kappa shape index (κ2) is 6.18. The number of benzene rings is 2. The molecule has 1 aliphatic heterocycles. The van der Waals surface area contributed by atoms with E-state index in [1.165, 1.54) is 4.57 Å². The first kappa shape index (κ1) is 15.6. The fourth-order valence-electron chi connectivity index (χ4n) is 2.98. The Morgan fingerprint density at radius 1 is 1.12 bits per heavy atom. The van der Waals surface area contributed by atoms with Gasteiger partial charge in [0.2, 0.25) is 0 Å². The van der Waals surface area contributed by atoms with Gasteiger partial charge in [0.1, 0.15) is 6.61 Å². The Morgan fingerprint density at radius 2 is 1.96 bits per heavy atom. The van der Waals surface area contributed by atoms with E-state index in [9.17, 15) is 9.59 Å². The minimum atomic E-state index is -0.314. The van der Waals surface area contributed by atoms with Crippen molar-refractivity contribution in [3.8, 4) is 5.69 Å². The third-order valence-corrected chi connectivity index (χ3v) is 4.48. The number of ether oxygens (including phenoxy) is 1. The number of fused-ring (bicyclic) bond motifs is 1. The lowest BCUT2D eigenvalue weighted by Crippen LogP contribution is -2.24. The molecule has 1 fully saturated rings. The highest BCUT2D eigenvalue weighted by Crippen LogP contribution is 2.15. The number of amides is 1. The molecule has 1 saturated heterocycles. The maximum atomic E-state index is 12.8. The predicted molar refractivity (Wildman–Crippen MR) is 96.5 cm³/mol. The molecule has 1 aromatic heterocycles. The number of hydrogen-bond donors (Lipinski definition) is 1. The average Bonchev–Trinajstić information content (AvgIpc) is 3.00. The summed E-state index contributed by atoms with van der Waals surface area (Å²) in [6, 6.07) is 14.7. The van der Waals surface area contributed by atoms with Crippen molar-refractivity contribution in [3.63, 3.8) is 0 Å². The van der Waals surface area contributed by atoms with E-state index in [1.54, 1.807) is 11.0 Å². The normalized spacial score (nSPS) is 14.1. The molecule has 1 amide bonds. The molecular weight excluding hydrogens is 338 g/mol. The number of hydrogen-bond acceptors (Lipinski definition) is 4. The van der Waals surface area contributed by atoms with Crippen molar-refractivity contribution >= 4 is 29.2 Å². The third kappa shape index (κ3) is 2.83. The van der Waals surface area contributed by atoms with E-state index < -0.39 is 0 Å². The molecule has 25 heavy (non-hydrogen) atoms. The summed E-state index contributed by atoms with van der Waals surface area (Å²) in [5, 5.41) is 0.574. The van der Waals surface area contributed by atoms with Crippen LogP contribution in [0.3, 0.4) is 0 Å². The van der Waals surface area contributed by atoms with Crippen LogP contribution in [0, 0.1) is 4.77 Å². The van der Waals surface area contributed by atoms with Gasteiger partial charge in [0.15, 0.2) is 4.77 Å². The second-order valence-electron chi connectivity index (χ2n) is 5.82. The molecule has 6 nitrogen and oxygen atoms in total. The van der Waals surface area contributed by atoms with E-state index in [0.717, 1.165) is 5.56 Å². The van der Waals surface area contributed by atoms with Crippen molar-refractivity contribution in [3.05, 3.63) is 69.2 Å². The van der Waals surface area contributed by atoms with Crippen LogP contribution in [-0.2, 0) is 11.3 Å². The molecule has 1 N–H and O–H groups in total. The highest BCUT2D eigenvalue weighted by molar-refractivity contribution is 7.71. The maximum Gasteiger partial charge on any atom is 0.410 e. The summed E-state index contributed by atoms with van der Waals surface area (Å²) in [6.07, 6.45) is -0.314. The highest BCUT2D eigenvalue weighted by atomic mass is 32.1. The minimum absolute atomic E-state index is 0.169. The van der Waals surface area contributed by atoms with Crippen molar-refractivity contribution < 1.29 is 9.53 Å². The number of nitrogens with one attached hydrogen (secondary N) is 1. The second-order valence-corrected chi connectivity index (χ2v) is 6.21. The van der Waals surface area contributed by atoms with Crippen LogP contribution in [0.25, 0.3) is 16.6 Å². The molecule has 4 rings (SSSR count). The van der Waals surface area contributed by atoms with Gasteiger partial charge in [-0.25, -0.2) is 4.79 Å². The van der Waals surface area contributed by atoms with Gasteiger partial charge in [0, 0.05) is 6.54 Å². The standard InChI is InChI=1S/C18H15N3O3S/c22-16-14-6-1-2-7-15(14)19-17(25)21(16)13-5-3-4-12(10-13)11-20-8-9-24-18(20)23/h1-7,10H,8-9,11H2,(H,19,25). The lowest BCUT2D eigenvalue weighted by Gasteiger charge is -2.14. The van der Waals surface area contributed by atoms with Gasteiger partial charge in [-0.2, -0.15) is 0 Å². The average molecular weight is 353 g/mol. The maximum absolute atomic E-state index is 12.8. The van der Waals surface area contributed by atoms with Crippen LogP contribution < -0.4 is 5.56 Å². The number of carbonyl (C=O) groups excluding carboxylic acids is 1. The summed E-state index contributed by atoms with van der Waals surface area (Å²) in [5.74, 6) is 0. The van der Waals surface area contributed by atoms with Gasteiger partial charge < -0.3 is 14.6 Å². The smallest absolute Gasteiger partial charge is 0.410 e. The molecule has 2 aromatic carbocycles. The van der Waals surface area contributed by atoms with Gasteiger partial charge in [-0.05, 0) is 42.0 Å². The van der Waals surface area contributed by atoms with Gasteiger partial charge in [-0.15, -0.1) is 0 Å². The van der Waals surface area contributed by atoms with E-state index in [1.807, 2.05) is 42.5 Å². The number of H-pyrrole nitrogens is 1. The number of nitrogens with zero attached hydrogens (tertiary/aromatic N) is 2. The number of cyclic esters (lactones) is 1. The molecule has 0 unspecified atom stereocenters. The molecule has 3 aromatic rings. The Kier molecular flexibility index (Phi) is 3.85. The molecule has 1 aliphatic rings. The number of aromatic nitrogens is 2. The minimum Gasteiger partial charge on any atom is -0.448 e. The van der Waals surface area contributed by atoms with Crippen molar-refractivity contribution in [1.29, 1.82) is 0 Å². The zero-order chi connectivity index (χ0) is 17.4. The lowest BCUT2D eigenvalue weighted by atomic mass is 10.2. The number of para-hydroxylation sites is 1. The van der Waals surface area contributed by atoms with E-state index >= 15 is 0 Å². The predicted octanol–water partition coefficient (Wildman–Crippen LogP) is 3.00. The zero-order valence-electron chi connectivity index (χ0n) is 13.3. The SMILES string of the molecule is O=C1OCCN1Cc1cccc(-n2c(=S)[nH]c3ccccc3c2=O)c1. The lowest BCUT2D eigenvalue weighted by molar-refractivity contribution is 0.157. The Hall–Kier alpha value is -2.93. The molecule has 0 bridgehead atoms. The third-order valence-electron chi connectivity index (χ3n) is 4.19. The van der Waals surface area contributed by atoms with E-state index in [2.05, 4.69) is 4.98 Å². The first-order chi connectivity index (χ1) is 12.1. The number of carbonyl (C=O) groups is 1. The Bertz CT molecular complexity index is 1090. The molecule has 126 valence electrons. The quantitative estimate of drug-likeness (QED) is 0.735. The Labute approximate surface area is 148 Å². The summed E-state index contributed by atoms with van der Waals surface area (Å²) in [4.78, 5) is 29.2. The molecule has 0 spiro atoms. The molecule has 0 atom stereocenters. The van der Waals surface area contributed by atoms with Gasteiger partial charge in [-0.1, -0.05) is 24.3 Å². The Balaban J connectivity index is 1.79. The summed E-state index contributed by atoms with van der Waals surface area (Å²) < 4.78 is 6.76. The van der Waals surface area contributed by atoms with E-state index in [-0.39, 0.29) is 11.7 Å². The molecular formula is C18H15N3O3S. The van der Waals surface area contributed by atoms with Gasteiger partial charge in [-0.3, -0.25) is 9.36 Å². The summed E-state index contributed by atoms with van der Waals surface area (Å²) in [5.41, 5.74) is 2.12. The van der Waals surface area contributed by atoms with Crippen LogP contribution in [0.15, 0.2) is 53.3 Å². The summed E-state index contributed by atoms with van der Waals surface area (Å²) in [7, 11) is 0. The van der Waals surface area contributed by atoms with Crippen LogP contribution in [0.4, 0.5) is 4.79 Å². The topological polar surface area (TPSA) is 67.3 Å². The molecule has 0 saturated carbocycles. The highest BCUT2D eigenvalue weighted by Gasteiger charge is 2.21. The Morgan fingerprint density at radius 3 is 2.76 bits per heavy atom. The van der Waals surface area contributed by atoms with Crippen LogP contribution in [0.2, 0.25) is 0 Å².